The van der Waals surface area contributed by atoms with Crippen LogP contribution in [0.2, 0.25) is 0 Å². The molecule has 0 radical (unpaired) electrons. The summed E-state index contributed by atoms with van der Waals surface area (Å²) in [5, 5.41) is 0. The van der Waals surface area contributed by atoms with Crippen LogP contribution in [0.15, 0.2) is 16.6 Å². The Morgan fingerprint density at radius 3 is 2.73 bits per heavy atom. The van der Waals surface area contributed by atoms with Gasteiger partial charge < -0.3 is 14.4 Å². The molecule has 1 aromatic carbocycles. The van der Waals surface area contributed by atoms with E-state index < -0.39 is 0 Å². The molecule has 15 heavy (non-hydrogen) atoms. The van der Waals surface area contributed by atoms with Gasteiger partial charge >= 0.3 is 0 Å². The molecule has 3 rings (SSSR count). The highest BCUT2D eigenvalue weighted by atomic mass is 79.9. The highest BCUT2D eigenvalue weighted by Crippen LogP contribution is 2.46. The first-order chi connectivity index (χ1) is 7.36. The molecule has 3 nitrogen and oxygen atoms in total. The van der Waals surface area contributed by atoms with E-state index in [4.69, 9.17) is 9.47 Å². The fourth-order valence-corrected chi connectivity index (χ4v) is 2.73. The topological polar surface area (TPSA) is 21.7 Å². The van der Waals surface area contributed by atoms with Crippen molar-refractivity contribution in [3.63, 3.8) is 0 Å². The van der Waals surface area contributed by atoms with Crippen molar-refractivity contribution in [2.24, 2.45) is 0 Å². The average Bonchev–Trinajstić information content (AvgIpc) is 2.85. The Labute approximate surface area is 97.1 Å². The molecular formula is C11H12BrNO2. The van der Waals surface area contributed by atoms with Crippen molar-refractivity contribution in [1.29, 1.82) is 0 Å². The van der Waals surface area contributed by atoms with Crippen molar-refractivity contribution in [3.05, 3.63) is 16.6 Å². The Morgan fingerprint density at radius 2 is 1.93 bits per heavy atom. The summed E-state index contributed by atoms with van der Waals surface area (Å²) in [6.45, 7) is 2.56. The maximum Gasteiger partial charge on any atom is 0.231 e. The minimum Gasteiger partial charge on any atom is -0.454 e. The summed E-state index contributed by atoms with van der Waals surface area (Å²) < 4.78 is 12.0. The van der Waals surface area contributed by atoms with Crippen molar-refractivity contribution in [2.45, 2.75) is 12.8 Å². The highest BCUT2D eigenvalue weighted by Gasteiger charge is 2.25. The Balaban J connectivity index is 2.08. The van der Waals surface area contributed by atoms with Gasteiger partial charge in [0.2, 0.25) is 6.79 Å². The number of rotatable bonds is 1. The summed E-state index contributed by atoms with van der Waals surface area (Å²) in [6.07, 6.45) is 2.52. The molecule has 0 aliphatic carbocycles. The molecule has 0 saturated carbocycles. The zero-order valence-electron chi connectivity index (χ0n) is 8.33. The molecule has 0 N–H and O–H groups in total. The number of nitrogens with zero attached hydrogens (tertiary/aromatic N) is 1. The highest BCUT2D eigenvalue weighted by molar-refractivity contribution is 9.10. The zero-order chi connectivity index (χ0) is 10.3. The standard InChI is InChI=1S/C11H12BrNO2/c12-8-3-4-9-11(15-7-14-9)10(8)13-5-1-2-6-13/h3-4H,1-2,5-7H2. The first kappa shape index (κ1) is 9.33. The lowest BCUT2D eigenvalue weighted by Gasteiger charge is -2.20. The molecule has 0 unspecified atom stereocenters. The molecule has 0 aromatic heterocycles. The van der Waals surface area contributed by atoms with Crippen LogP contribution < -0.4 is 14.4 Å². The second-order valence-electron chi connectivity index (χ2n) is 3.82. The average molecular weight is 270 g/mol. The lowest BCUT2D eigenvalue weighted by atomic mass is 10.2. The SMILES string of the molecule is Brc1ccc2c(c1N1CCCC1)OCO2. The van der Waals surface area contributed by atoms with Gasteiger partial charge in [-0.15, -0.1) is 0 Å². The van der Waals surface area contributed by atoms with Crippen LogP contribution in [-0.4, -0.2) is 19.9 Å². The van der Waals surface area contributed by atoms with Crippen LogP contribution in [0.5, 0.6) is 11.5 Å². The number of benzene rings is 1. The molecule has 80 valence electrons. The fraction of sp³-hybridized carbons (Fsp3) is 0.455. The van der Waals surface area contributed by atoms with Crippen molar-refractivity contribution in [3.8, 4) is 11.5 Å². The summed E-state index contributed by atoms with van der Waals surface area (Å²) in [7, 11) is 0. The Bertz CT molecular complexity index is 388. The molecule has 1 aromatic rings. The van der Waals surface area contributed by atoms with Crippen LogP contribution in [-0.2, 0) is 0 Å². The molecule has 0 amide bonds. The Hall–Kier alpha value is -0.900. The number of halogens is 1. The third-order valence-electron chi connectivity index (χ3n) is 2.89. The predicted molar refractivity (Wildman–Crippen MR) is 61.7 cm³/mol. The Kier molecular flexibility index (Phi) is 2.24. The lowest BCUT2D eigenvalue weighted by Crippen LogP contribution is -2.18. The minimum absolute atomic E-state index is 0.340. The van der Waals surface area contributed by atoms with Gasteiger partial charge in [0, 0.05) is 17.6 Å². The number of anilines is 1. The summed E-state index contributed by atoms with van der Waals surface area (Å²) >= 11 is 3.58. The van der Waals surface area contributed by atoms with Crippen LogP contribution in [0.25, 0.3) is 0 Å². The van der Waals surface area contributed by atoms with Crippen LogP contribution in [0.4, 0.5) is 5.69 Å². The van der Waals surface area contributed by atoms with Gasteiger partial charge in [-0.05, 0) is 40.9 Å². The molecule has 1 fully saturated rings. The van der Waals surface area contributed by atoms with Crippen LogP contribution in [0.3, 0.4) is 0 Å². The molecule has 4 heteroatoms. The fourth-order valence-electron chi connectivity index (χ4n) is 2.17. The summed E-state index contributed by atoms with van der Waals surface area (Å²) in [5.41, 5.74) is 1.16. The van der Waals surface area contributed by atoms with Gasteiger partial charge in [-0.25, -0.2) is 0 Å². The van der Waals surface area contributed by atoms with E-state index in [1.54, 1.807) is 0 Å². The van der Waals surface area contributed by atoms with E-state index in [1.165, 1.54) is 12.8 Å². The van der Waals surface area contributed by atoms with Gasteiger partial charge in [-0.1, -0.05) is 0 Å². The quantitative estimate of drug-likeness (QED) is 0.783. The van der Waals surface area contributed by atoms with Crippen LogP contribution in [0, 0.1) is 0 Å². The van der Waals surface area contributed by atoms with Crippen LogP contribution in [0.1, 0.15) is 12.8 Å². The first-order valence-corrected chi connectivity index (χ1v) is 5.98. The molecule has 2 aliphatic heterocycles. The van der Waals surface area contributed by atoms with Gasteiger partial charge in [0.05, 0.1) is 5.69 Å². The molecular weight excluding hydrogens is 258 g/mol. The number of hydrogen-bond acceptors (Lipinski definition) is 3. The van der Waals surface area contributed by atoms with Gasteiger partial charge in [0.15, 0.2) is 11.5 Å². The van der Waals surface area contributed by atoms with Gasteiger partial charge in [0.25, 0.3) is 0 Å². The summed E-state index contributed by atoms with van der Waals surface area (Å²) in [4.78, 5) is 2.36. The monoisotopic (exact) mass is 269 g/mol. The minimum atomic E-state index is 0.340. The smallest absolute Gasteiger partial charge is 0.231 e. The first-order valence-electron chi connectivity index (χ1n) is 5.19. The molecule has 0 spiro atoms. The largest absolute Gasteiger partial charge is 0.454 e. The summed E-state index contributed by atoms with van der Waals surface area (Å²) in [5.74, 6) is 1.76. The van der Waals surface area contributed by atoms with Crippen molar-refractivity contribution >= 4 is 21.6 Å². The number of fused-ring (bicyclic) bond motifs is 1. The second-order valence-corrected chi connectivity index (χ2v) is 4.68. The van der Waals surface area contributed by atoms with E-state index in [0.29, 0.717) is 6.79 Å². The second kappa shape index (κ2) is 3.59. The van der Waals surface area contributed by atoms with E-state index in [-0.39, 0.29) is 0 Å². The molecule has 2 heterocycles. The number of ether oxygens (including phenoxy) is 2. The molecule has 2 aliphatic rings. The van der Waals surface area contributed by atoms with E-state index in [9.17, 15) is 0 Å². The lowest BCUT2D eigenvalue weighted by molar-refractivity contribution is 0.174. The maximum atomic E-state index is 5.53. The van der Waals surface area contributed by atoms with Crippen molar-refractivity contribution in [2.75, 3.05) is 24.8 Å². The Morgan fingerprint density at radius 1 is 1.13 bits per heavy atom. The van der Waals surface area contributed by atoms with E-state index in [2.05, 4.69) is 20.8 Å². The maximum absolute atomic E-state index is 5.53. The zero-order valence-corrected chi connectivity index (χ0v) is 9.92. The third kappa shape index (κ3) is 1.47. The van der Waals surface area contributed by atoms with Gasteiger partial charge in [0.1, 0.15) is 0 Å². The molecule has 1 saturated heterocycles. The predicted octanol–water partition coefficient (Wildman–Crippen LogP) is 2.78. The van der Waals surface area contributed by atoms with Gasteiger partial charge in [-0.3, -0.25) is 0 Å². The molecule has 0 bridgehead atoms. The van der Waals surface area contributed by atoms with E-state index in [0.717, 1.165) is 34.7 Å². The normalized spacial score (nSPS) is 18.6. The van der Waals surface area contributed by atoms with E-state index in [1.807, 2.05) is 12.1 Å². The molecule has 0 atom stereocenters. The summed E-state index contributed by atoms with van der Waals surface area (Å²) in [6, 6.07) is 3.98. The van der Waals surface area contributed by atoms with Crippen molar-refractivity contribution in [1.82, 2.24) is 0 Å². The van der Waals surface area contributed by atoms with E-state index >= 15 is 0 Å². The van der Waals surface area contributed by atoms with Gasteiger partial charge in [-0.2, -0.15) is 0 Å². The third-order valence-corrected chi connectivity index (χ3v) is 3.53. The van der Waals surface area contributed by atoms with Crippen molar-refractivity contribution < 1.29 is 9.47 Å². The number of hydrogen-bond donors (Lipinski definition) is 0. The van der Waals surface area contributed by atoms with Crippen LogP contribution >= 0.6 is 15.9 Å².